The van der Waals surface area contributed by atoms with E-state index in [4.69, 9.17) is 0 Å². The molecule has 0 radical (unpaired) electrons. The molecule has 0 amide bonds. The molecule has 2 heteroatoms. The first kappa shape index (κ1) is 14.0. The van der Waals surface area contributed by atoms with Gasteiger partial charge in [0, 0.05) is 6.15 Å². The first-order valence-corrected chi connectivity index (χ1v) is 4.57. The maximum Gasteiger partial charge on any atom is 1.00 e. The summed E-state index contributed by atoms with van der Waals surface area (Å²) in [5.41, 5.74) is 0. The van der Waals surface area contributed by atoms with Crippen LogP contribution in [0, 0.1) is 0 Å². The average Bonchev–Trinajstić information content (AvgIpc) is 2.01. The van der Waals surface area contributed by atoms with Gasteiger partial charge in [-0.25, -0.2) is 0 Å². The summed E-state index contributed by atoms with van der Waals surface area (Å²) in [6.45, 7) is 10.7. The van der Waals surface area contributed by atoms with Crippen molar-refractivity contribution in [2.45, 2.75) is 46.1 Å². The van der Waals surface area contributed by atoms with Crippen LogP contribution in [0.2, 0.25) is 25.3 Å². The van der Waals surface area contributed by atoms with E-state index in [9.17, 15) is 0 Å². The molecular weight excluding hydrogens is 126 g/mol. The molecule has 60 valence electrons. The Morgan fingerprint density at radius 1 is 1.09 bits per heavy atom. The Kier molecular flexibility index (Phi) is 8.97. The molecule has 11 heavy (non-hydrogen) atoms. The summed E-state index contributed by atoms with van der Waals surface area (Å²) in [6, 6.07) is 0. The second kappa shape index (κ2) is 7.07. The van der Waals surface area contributed by atoms with E-state index in [1.165, 1.54) is 25.3 Å². The van der Waals surface area contributed by atoms with E-state index in [0.29, 0.717) is 0 Å². The molecule has 0 fully saturated rings. The van der Waals surface area contributed by atoms with Crippen molar-refractivity contribution in [2.75, 3.05) is 0 Å². The van der Waals surface area contributed by atoms with Gasteiger partial charge in [0.15, 0.2) is 0 Å². The van der Waals surface area contributed by atoms with Crippen molar-refractivity contribution < 1.29 is 18.9 Å². The van der Waals surface area contributed by atoms with Crippen LogP contribution in [0.15, 0.2) is 12.7 Å². The Hall–Kier alpha value is 0.402. The van der Waals surface area contributed by atoms with E-state index in [1.807, 2.05) is 0 Å². The number of hydrogen-bond donors (Lipinski definition) is 0. The first-order chi connectivity index (χ1) is 4.74. The van der Waals surface area contributed by atoms with Crippen LogP contribution in [0.25, 0.3) is 0 Å². The minimum Gasteiger partial charge on any atom is -0.181 e. The molecule has 0 heterocycles. The zero-order chi connectivity index (χ0) is 8.04. The molecule has 0 rings (SSSR count). The zero-order valence-electron chi connectivity index (χ0n) is 8.69. The number of allylic oxidation sites excluding steroid dienone is 1. The van der Waals surface area contributed by atoms with E-state index in [-0.39, 0.29) is 25.0 Å². The fraction of sp³-hybridized carbons (Fsp3) is 0.778. The van der Waals surface area contributed by atoms with Gasteiger partial charge in [0.1, 0.15) is 0 Å². The molecule has 0 aromatic heterocycles. The van der Waals surface area contributed by atoms with Crippen LogP contribution >= 0.6 is 0 Å². The van der Waals surface area contributed by atoms with Gasteiger partial charge in [0.05, 0.1) is 0 Å². The number of rotatable bonds is 5. The molecule has 0 spiro atoms. The normalized spacial score (nSPS) is 10.5. The van der Waals surface area contributed by atoms with E-state index < -0.39 is 0 Å². The predicted molar refractivity (Wildman–Crippen MR) is 52.2 cm³/mol. The largest absolute Gasteiger partial charge is 1.00 e. The van der Waals surface area contributed by atoms with Crippen LogP contribution in [-0.4, -0.2) is 6.15 Å². The third kappa shape index (κ3) is 4.09. The average molecular weight is 146 g/mol. The molecule has 0 aromatic rings. The smallest absolute Gasteiger partial charge is 0.181 e. The topological polar surface area (TPSA) is 0 Å². The van der Waals surface area contributed by atoms with Gasteiger partial charge >= 0.3 is 18.9 Å². The van der Waals surface area contributed by atoms with Crippen LogP contribution in [0.1, 0.15) is 20.8 Å². The molecule has 0 atom stereocenters. The third-order valence-corrected chi connectivity index (χ3v) is 3.26. The quantitative estimate of drug-likeness (QED) is 0.395. The SMILES string of the molecule is C=CC[B-](CC)(CC)CC.[Li+]. The summed E-state index contributed by atoms with van der Waals surface area (Å²) < 4.78 is 0. The van der Waals surface area contributed by atoms with Crippen molar-refractivity contribution in [1.82, 2.24) is 0 Å². The maximum absolute atomic E-state index is 3.80. The Bertz CT molecular complexity index is 89.5. The van der Waals surface area contributed by atoms with Gasteiger partial charge in [0.2, 0.25) is 0 Å². The second-order valence-corrected chi connectivity index (χ2v) is 3.48. The summed E-state index contributed by atoms with van der Waals surface area (Å²) >= 11 is 0. The molecule has 0 saturated heterocycles. The Morgan fingerprint density at radius 2 is 1.45 bits per heavy atom. The molecule has 0 bridgehead atoms. The van der Waals surface area contributed by atoms with Gasteiger partial charge in [-0.2, -0.15) is 25.3 Å². The van der Waals surface area contributed by atoms with Gasteiger partial charge in [-0.15, -0.1) is 12.7 Å². The van der Waals surface area contributed by atoms with Gasteiger partial charge in [-0.3, -0.25) is 0 Å². The van der Waals surface area contributed by atoms with Gasteiger partial charge in [-0.05, 0) is 0 Å². The summed E-state index contributed by atoms with van der Waals surface area (Å²) in [6.07, 6.45) is 7.29. The molecule has 0 aliphatic heterocycles. The van der Waals surface area contributed by atoms with Gasteiger partial charge in [0.25, 0.3) is 0 Å². The molecule has 0 nitrogen and oxygen atoms in total. The fourth-order valence-corrected chi connectivity index (χ4v) is 1.72. The van der Waals surface area contributed by atoms with Crippen LogP contribution in [0.4, 0.5) is 0 Å². The van der Waals surface area contributed by atoms with E-state index in [1.54, 1.807) is 0 Å². The first-order valence-electron chi connectivity index (χ1n) is 4.57. The van der Waals surface area contributed by atoms with Crippen molar-refractivity contribution in [3.8, 4) is 0 Å². The van der Waals surface area contributed by atoms with Crippen molar-refractivity contribution in [3.05, 3.63) is 12.7 Å². The molecule has 0 aliphatic rings. The third-order valence-electron chi connectivity index (χ3n) is 3.26. The van der Waals surface area contributed by atoms with Crippen molar-refractivity contribution in [1.29, 1.82) is 0 Å². The van der Waals surface area contributed by atoms with E-state index >= 15 is 0 Å². The van der Waals surface area contributed by atoms with Gasteiger partial charge < -0.3 is 0 Å². The standard InChI is InChI=1S/C9H20B.Li/c1-5-9-10(6-2,7-3)8-4;/h5H,1,6-9H2,2-4H3;/q-1;+1. The molecule has 0 aliphatic carbocycles. The van der Waals surface area contributed by atoms with Crippen LogP contribution in [0.5, 0.6) is 0 Å². The van der Waals surface area contributed by atoms with Crippen LogP contribution < -0.4 is 18.9 Å². The predicted octanol–water partition coefficient (Wildman–Crippen LogP) is 0.685. The fourth-order valence-electron chi connectivity index (χ4n) is 1.72. The van der Waals surface area contributed by atoms with Crippen LogP contribution in [-0.2, 0) is 0 Å². The van der Waals surface area contributed by atoms with Crippen LogP contribution in [0.3, 0.4) is 0 Å². The maximum atomic E-state index is 3.80. The zero-order valence-corrected chi connectivity index (χ0v) is 8.69. The second-order valence-electron chi connectivity index (χ2n) is 3.48. The monoisotopic (exact) mass is 146 g/mol. The van der Waals surface area contributed by atoms with Crippen molar-refractivity contribution in [2.24, 2.45) is 0 Å². The van der Waals surface area contributed by atoms with Gasteiger partial charge in [-0.1, -0.05) is 20.8 Å². The molecule has 0 unspecified atom stereocenters. The van der Waals surface area contributed by atoms with Crippen molar-refractivity contribution in [3.63, 3.8) is 0 Å². The Labute approximate surface area is 83.9 Å². The molecule has 0 N–H and O–H groups in total. The molecule has 0 aromatic carbocycles. The summed E-state index contributed by atoms with van der Waals surface area (Å²) in [5, 5.41) is 0. The molecule has 0 saturated carbocycles. The summed E-state index contributed by atoms with van der Waals surface area (Å²) in [7, 11) is 0. The minimum absolute atomic E-state index is 0. The minimum atomic E-state index is -0.0694. The summed E-state index contributed by atoms with van der Waals surface area (Å²) in [5.74, 6) is 0. The Balaban J connectivity index is 0. The summed E-state index contributed by atoms with van der Waals surface area (Å²) in [4.78, 5) is 0. The van der Waals surface area contributed by atoms with E-state index in [2.05, 4.69) is 33.4 Å². The van der Waals surface area contributed by atoms with E-state index in [0.717, 1.165) is 0 Å². The number of hydrogen-bond acceptors (Lipinski definition) is 0. The van der Waals surface area contributed by atoms with Crippen molar-refractivity contribution >= 4 is 6.15 Å². The molecular formula is C9H20BLi. The Morgan fingerprint density at radius 3 is 1.55 bits per heavy atom.